The van der Waals surface area contributed by atoms with E-state index in [4.69, 9.17) is 4.74 Å². The van der Waals surface area contributed by atoms with Crippen LogP contribution in [0, 0.1) is 5.92 Å². The highest BCUT2D eigenvalue weighted by molar-refractivity contribution is 7.10. The molecule has 1 saturated carbocycles. The lowest BCUT2D eigenvalue weighted by molar-refractivity contribution is 0.366. The molecule has 2 nitrogen and oxygen atoms in total. The molecular weight excluding hydrogens is 206 g/mol. The molecule has 1 aromatic heterocycles. The average Bonchev–Trinajstić information content (AvgIpc) is 2.89. The maximum absolute atomic E-state index is 5.40. The van der Waals surface area contributed by atoms with E-state index >= 15 is 0 Å². The van der Waals surface area contributed by atoms with Gasteiger partial charge in [0.2, 0.25) is 0 Å². The minimum Gasteiger partial charge on any atom is -0.496 e. The number of nitrogens with one attached hydrogen (secondary N) is 1. The zero-order valence-electron chi connectivity index (χ0n) is 9.45. The zero-order valence-corrected chi connectivity index (χ0v) is 10.3. The Kier molecular flexibility index (Phi) is 3.65. The van der Waals surface area contributed by atoms with Crippen molar-refractivity contribution < 1.29 is 4.74 Å². The third-order valence-corrected chi connectivity index (χ3v) is 4.32. The first-order valence-corrected chi connectivity index (χ1v) is 6.53. The number of methoxy groups -OCH3 is 1. The van der Waals surface area contributed by atoms with E-state index in [-0.39, 0.29) is 0 Å². The Bertz CT molecular complexity index is 304. The van der Waals surface area contributed by atoms with Crippen LogP contribution in [0.2, 0.25) is 0 Å². The highest BCUT2D eigenvalue weighted by Crippen LogP contribution is 2.41. The second-order valence-corrected chi connectivity index (χ2v) is 5.11. The molecule has 15 heavy (non-hydrogen) atoms. The van der Waals surface area contributed by atoms with E-state index in [9.17, 15) is 0 Å². The summed E-state index contributed by atoms with van der Waals surface area (Å²) < 4.78 is 5.40. The molecule has 0 bridgehead atoms. The van der Waals surface area contributed by atoms with E-state index in [0.29, 0.717) is 6.04 Å². The fourth-order valence-corrected chi connectivity index (χ4v) is 3.64. The number of ether oxygens (including phenoxy) is 1. The quantitative estimate of drug-likeness (QED) is 0.849. The van der Waals surface area contributed by atoms with Gasteiger partial charge < -0.3 is 10.1 Å². The molecule has 1 atom stereocenters. The van der Waals surface area contributed by atoms with E-state index in [1.54, 1.807) is 18.4 Å². The van der Waals surface area contributed by atoms with E-state index in [1.165, 1.54) is 30.6 Å². The maximum atomic E-state index is 5.40. The summed E-state index contributed by atoms with van der Waals surface area (Å²) in [7, 11) is 3.81. The number of thiophene rings is 1. The molecule has 0 aromatic carbocycles. The molecule has 1 fully saturated rings. The van der Waals surface area contributed by atoms with Crippen LogP contribution in [0.15, 0.2) is 11.4 Å². The zero-order chi connectivity index (χ0) is 10.7. The monoisotopic (exact) mass is 225 g/mol. The van der Waals surface area contributed by atoms with Crippen LogP contribution < -0.4 is 10.1 Å². The average molecular weight is 225 g/mol. The van der Waals surface area contributed by atoms with Crippen LogP contribution in [0.1, 0.15) is 36.6 Å². The lowest BCUT2D eigenvalue weighted by Crippen LogP contribution is -2.23. The third kappa shape index (κ3) is 2.18. The second-order valence-electron chi connectivity index (χ2n) is 4.16. The van der Waals surface area contributed by atoms with E-state index in [1.807, 2.05) is 0 Å². The van der Waals surface area contributed by atoms with Gasteiger partial charge in [-0.25, -0.2) is 0 Å². The molecule has 84 valence electrons. The molecule has 0 radical (unpaired) electrons. The lowest BCUT2D eigenvalue weighted by Gasteiger charge is -2.22. The Balaban J connectivity index is 2.17. The second kappa shape index (κ2) is 4.99. The molecule has 1 heterocycles. The summed E-state index contributed by atoms with van der Waals surface area (Å²) in [6.45, 7) is 0. The summed E-state index contributed by atoms with van der Waals surface area (Å²) in [6.07, 6.45) is 5.48. The predicted molar refractivity (Wildman–Crippen MR) is 64.6 cm³/mol. The van der Waals surface area contributed by atoms with Crippen LogP contribution in [0.3, 0.4) is 0 Å². The lowest BCUT2D eigenvalue weighted by atomic mass is 9.96. The molecule has 3 heteroatoms. The largest absolute Gasteiger partial charge is 0.496 e. The highest BCUT2D eigenvalue weighted by Gasteiger charge is 2.27. The predicted octanol–water partition coefficient (Wildman–Crippen LogP) is 3.21. The summed E-state index contributed by atoms with van der Waals surface area (Å²) in [5, 5.41) is 5.57. The summed E-state index contributed by atoms with van der Waals surface area (Å²) in [4.78, 5) is 1.37. The third-order valence-electron chi connectivity index (χ3n) is 3.34. The Morgan fingerprint density at radius 2 is 2.20 bits per heavy atom. The molecule has 0 saturated heterocycles. The summed E-state index contributed by atoms with van der Waals surface area (Å²) in [5.41, 5.74) is 0. The first-order chi connectivity index (χ1) is 7.36. The van der Waals surface area contributed by atoms with Crippen LogP contribution in [-0.4, -0.2) is 14.2 Å². The number of hydrogen-bond acceptors (Lipinski definition) is 3. The molecule has 1 aliphatic rings. The van der Waals surface area contributed by atoms with Crippen LogP contribution in [0.5, 0.6) is 5.75 Å². The van der Waals surface area contributed by atoms with Crippen LogP contribution in [0.25, 0.3) is 0 Å². The van der Waals surface area contributed by atoms with Crippen molar-refractivity contribution in [2.45, 2.75) is 31.7 Å². The highest BCUT2D eigenvalue weighted by atomic mass is 32.1. The van der Waals surface area contributed by atoms with Gasteiger partial charge in [-0.15, -0.1) is 11.3 Å². The molecule has 1 aromatic rings. The molecule has 2 rings (SSSR count). The summed E-state index contributed by atoms with van der Waals surface area (Å²) in [5.74, 6) is 1.84. The van der Waals surface area contributed by atoms with Crippen LogP contribution in [0.4, 0.5) is 0 Å². The van der Waals surface area contributed by atoms with Crippen LogP contribution in [-0.2, 0) is 0 Å². The van der Waals surface area contributed by atoms with Crippen LogP contribution >= 0.6 is 11.3 Å². The Hall–Kier alpha value is -0.540. The van der Waals surface area contributed by atoms with Crippen molar-refractivity contribution in [2.75, 3.05) is 14.2 Å². The van der Waals surface area contributed by atoms with E-state index < -0.39 is 0 Å². The van der Waals surface area contributed by atoms with E-state index in [2.05, 4.69) is 23.8 Å². The van der Waals surface area contributed by atoms with Gasteiger partial charge in [-0.05, 0) is 37.3 Å². The standard InChI is InChI=1S/C12H19NOS/c1-13-11(9-5-3-4-6-9)12-10(14-2)7-8-15-12/h7-9,11,13H,3-6H2,1-2H3. The normalized spacial score (nSPS) is 19.3. The van der Waals surface area contributed by atoms with Crippen molar-refractivity contribution in [1.29, 1.82) is 0 Å². The number of rotatable bonds is 4. The number of hydrogen-bond donors (Lipinski definition) is 1. The Morgan fingerprint density at radius 1 is 1.47 bits per heavy atom. The first kappa shape index (κ1) is 11.0. The molecule has 0 aliphatic heterocycles. The topological polar surface area (TPSA) is 21.3 Å². The Morgan fingerprint density at radius 3 is 2.80 bits per heavy atom. The minimum atomic E-state index is 0.488. The molecule has 0 amide bonds. The van der Waals surface area contributed by atoms with Gasteiger partial charge in [0.1, 0.15) is 5.75 Å². The summed E-state index contributed by atoms with van der Waals surface area (Å²) >= 11 is 1.81. The van der Waals surface area contributed by atoms with E-state index in [0.717, 1.165) is 11.7 Å². The molecule has 1 unspecified atom stereocenters. The molecular formula is C12H19NOS. The maximum Gasteiger partial charge on any atom is 0.134 e. The van der Waals surface area contributed by atoms with Crippen molar-refractivity contribution in [1.82, 2.24) is 5.32 Å². The van der Waals surface area contributed by atoms with Gasteiger partial charge in [-0.1, -0.05) is 12.8 Å². The molecule has 1 N–H and O–H groups in total. The van der Waals surface area contributed by atoms with Gasteiger partial charge >= 0.3 is 0 Å². The fourth-order valence-electron chi connectivity index (χ4n) is 2.58. The van der Waals surface area contributed by atoms with Gasteiger partial charge in [0.05, 0.1) is 12.0 Å². The van der Waals surface area contributed by atoms with Gasteiger partial charge in [0, 0.05) is 6.04 Å². The smallest absolute Gasteiger partial charge is 0.134 e. The van der Waals surface area contributed by atoms with Gasteiger partial charge in [-0.3, -0.25) is 0 Å². The van der Waals surface area contributed by atoms with Crippen molar-refractivity contribution >= 4 is 11.3 Å². The molecule has 1 aliphatic carbocycles. The first-order valence-electron chi connectivity index (χ1n) is 5.65. The fraction of sp³-hybridized carbons (Fsp3) is 0.667. The molecule has 0 spiro atoms. The van der Waals surface area contributed by atoms with Gasteiger partial charge in [-0.2, -0.15) is 0 Å². The summed E-state index contributed by atoms with van der Waals surface area (Å²) in [6, 6.07) is 2.56. The van der Waals surface area contributed by atoms with Gasteiger partial charge in [0.25, 0.3) is 0 Å². The van der Waals surface area contributed by atoms with Gasteiger partial charge in [0.15, 0.2) is 0 Å². The minimum absolute atomic E-state index is 0.488. The van der Waals surface area contributed by atoms with Crippen molar-refractivity contribution in [3.05, 3.63) is 16.3 Å². The van der Waals surface area contributed by atoms with Crippen molar-refractivity contribution in [3.63, 3.8) is 0 Å². The van der Waals surface area contributed by atoms with Crippen molar-refractivity contribution in [2.24, 2.45) is 5.92 Å². The Labute approximate surface area is 95.6 Å². The SMILES string of the molecule is CNC(c1sccc1OC)C1CCCC1. The van der Waals surface area contributed by atoms with Crippen molar-refractivity contribution in [3.8, 4) is 5.75 Å².